The Balaban J connectivity index is 0.000000845. The first-order chi connectivity index (χ1) is 5.86. The van der Waals surface area contributed by atoms with E-state index in [1.807, 2.05) is 18.2 Å². The molecule has 1 fully saturated rings. The third-order valence-electron chi connectivity index (χ3n) is 2.37. The fraction of sp³-hybridized carbons (Fsp3) is 0.400. The van der Waals surface area contributed by atoms with Crippen molar-refractivity contribution >= 4 is 12.4 Å². The van der Waals surface area contributed by atoms with Crippen LogP contribution in [-0.2, 0) is 6.42 Å². The van der Waals surface area contributed by atoms with Crippen LogP contribution in [0.25, 0.3) is 0 Å². The average Bonchev–Trinajstić information content (AvgIpc) is 2.00. The number of benzene rings is 1. The zero-order chi connectivity index (χ0) is 8.39. The maximum Gasteiger partial charge on any atom is 0.118 e. The van der Waals surface area contributed by atoms with Crippen LogP contribution in [0.3, 0.4) is 0 Å². The highest BCUT2D eigenvalue weighted by Gasteiger charge is 2.17. The van der Waals surface area contributed by atoms with Gasteiger partial charge < -0.3 is 10.4 Å². The highest BCUT2D eigenvalue weighted by molar-refractivity contribution is 5.85. The third-order valence-corrected chi connectivity index (χ3v) is 2.37. The zero-order valence-electron chi connectivity index (χ0n) is 7.36. The van der Waals surface area contributed by atoms with E-state index in [1.165, 1.54) is 0 Å². The van der Waals surface area contributed by atoms with Gasteiger partial charge in [-0.05, 0) is 37.1 Å². The molecule has 0 aromatic heterocycles. The molecule has 0 unspecified atom stereocenters. The smallest absolute Gasteiger partial charge is 0.118 e. The Bertz CT molecular complexity index is 273. The third kappa shape index (κ3) is 2.36. The van der Waals surface area contributed by atoms with Gasteiger partial charge in [0.05, 0.1) is 0 Å². The van der Waals surface area contributed by atoms with Crippen LogP contribution in [0.1, 0.15) is 5.56 Å². The molecule has 1 saturated heterocycles. The lowest BCUT2D eigenvalue weighted by atomic mass is 9.94. The van der Waals surface area contributed by atoms with E-state index in [1.54, 1.807) is 6.07 Å². The molecule has 1 aromatic rings. The van der Waals surface area contributed by atoms with E-state index in [-0.39, 0.29) is 12.4 Å². The fourth-order valence-corrected chi connectivity index (χ4v) is 1.49. The van der Waals surface area contributed by atoms with Crippen LogP contribution in [-0.4, -0.2) is 18.2 Å². The summed E-state index contributed by atoms with van der Waals surface area (Å²) >= 11 is 0. The zero-order valence-corrected chi connectivity index (χ0v) is 8.18. The van der Waals surface area contributed by atoms with Gasteiger partial charge in [0.1, 0.15) is 5.75 Å². The Morgan fingerprint density at radius 3 is 2.54 bits per heavy atom. The van der Waals surface area contributed by atoms with Crippen molar-refractivity contribution in [1.82, 2.24) is 5.32 Å². The van der Waals surface area contributed by atoms with Gasteiger partial charge in [0, 0.05) is 0 Å². The molecule has 0 radical (unpaired) electrons. The number of hydrogen-bond donors (Lipinski definition) is 2. The van der Waals surface area contributed by atoms with E-state index in [9.17, 15) is 5.11 Å². The van der Waals surface area contributed by atoms with Gasteiger partial charge in [0.25, 0.3) is 0 Å². The van der Waals surface area contributed by atoms with Crippen LogP contribution in [0.5, 0.6) is 5.75 Å². The normalized spacial score (nSPS) is 16.0. The van der Waals surface area contributed by atoms with E-state index in [0.29, 0.717) is 5.75 Å². The maximum absolute atomic E-state index is 9.46. The lowest BCUT2D eigenvalue weighted by molar-refractivity contribution is 0.341. The second-order valence-electron chi connectivity index (χ2n) is 3.36. The van der Waals surface area contributed by atoms with E-state index in [4.69, 9.17) is 0 Å². The molecule has 2 N–H and O–H groups in total. The number of rotatable bonds is 2. The number of halogens is 1. The summed E-state index contributed by atoms with van der Waals surface area (Å²) in [7, 11) is 0. The lowest BCUT2D eigenvalue weighted by Crippen LogP contribution is -2.43. The molecule has 1 aromatic carbocycles. The summed E-state index contributed by atoms with van der Waals surface area (Å²) in [5.41, 5.74) is 1.07. The molecule has 1 heterocycles. The van der Waals surface area contributed by atoms with E-state index < -0.39 is 0 Å². The molecule has 3 heteroatoms. The standard InChI is InChI=1S/C10H13NO.ClH/c12-10-4-2-1-3-9(10)5-8-6-11-7-8;/h1-4,8,11-12H,5-7H2;1H. The molecule has 0 bridgehead atoms. The highest BCUT2D eigenvalue weighted by atomic mass is 35.5. The van der Waals surface area contributed by atoms with Gasteiger partial charge in [0.2, 0.25) is 0 Å². The quantitative estimate of drug-likeness (QED) is 0.758. The van der Waals surface area contributed by atoms with Crippen molar-refractivity contribution in [2.75, 3.05) is 13.1 Å². The Hall–Kier alpha value is -0.730. The van der Waals surface area contributed by atoms with Gasteiger partial charge in [-0.2, -0.15) is 0 Å². The van der Waals surface area contributed by atoms with Crippen LogP contribution < -0.4 is 5.32 Å². The number of phenols is 1. The van der Waals surface area contributed by atoms with Crippen molar-refractivity contribution in [3.8, 4) is 5.75 Å². The number of aromatic hydroxyl groups is 1. The van der Waals surface area contributed by atoms with Crippen molar-refractivity contribution in [2.45, 2.75) is 6.42 Å². The van der Waals surface area contributed by atoms with Crippen molar-refractivity contribution in [1.29, 1.82) is 0 Å². The minimum atomic E-state index is 0. The topological polar surface area (TPSA) is 32.3 Å². The van der Waals surface area contributed by atoms with Crippen molar-refractivity contribution in [3.63, 3.8) is 0 Å². The minimum absolute atomic E-state index is 0. The van der Waals surface area contributed by atoms with Crippen LogP contribution >= 0.6 is 12.4 Å². The summed E-state index contributed by atoms with van der Waals surface area (Å²) < 4.78 is 0. The summed E-state index contributed by atoms with van der Waals surface area (Å²) in [6.07, 6.45) is 1.000. The van der Waals surface area contributed by atoms with E-state index in [2.05, 4.69) is 5.32 Å². The Morgan fingerprint density at radius 2 is 2.00 bits per heavy atom. The molecule has 2 nitrogen and oxygen atoms in total. The predicted molar refractivity (Wildman–Crippen MR) is 55.4 cm³/mol. The van der Waals surface area contributed by atoms with Gasteiger partial charge in [-0.3, -0.25) is 0 Å². The average molecular weight is 200 g/mol. The molecular formula is C10H14ClNO. The maximum atomic E-state index is 9.46. The Labute approximate surface area is 84.4 Å². The molecule has 0 amide bonds. The lowest BCUT2D eigenvalue weighted by Gasteiger charge is -2.27. The summed E-state index contributed by atoms with van der Waals surface area (Å²) in [6, 6.07) is 7.58. The van der Waals surface area contributed by atoms with Crippen molar-refractivity contribution in [3.05, 3.63) is 29.8 Å². The number of nitrogens with one attached hydrogen (secondary N) is 1. The first-order valence-corrected chi connectivity index (χ1v) is 4.34. The van der Waals surface area contributed by atoms with E-state index >= 15 is 0 Å². The summed E-state index contributed by atoms with van der Waals surface area (Å²) in [6.45, 7) is 2.18. The van der Waals surface area contributed by atoms with Gasteiger partial charge in [0.15, 0.2) is 0 Å². The molecule has 1 aliphatic rings. The van der Waals surface area contributed by atoms with Crippen LogP contribution in [0, 0.1) is 5.92 Å². The molecule has 0 saturated carbocycles. The van der Waals surface area contributed by atoms with E-state index in [0.717, 1.165) is 31.0 Å². The molecule has 0 spiro atoms. The predicted octanol–water partition coefficient (Wildman–Crippen LogP) is 1.58. The molecule has 2 rings (SSSR count). The first kappa shape index (κ1) is 10.4. The van der Waals surface area contributed by atoms with Crippen LogP contribution in [0.4, 0.5) is 0 Å². The Morgan fingerprint density at radius 1 is 1.31 bits per heavy atom. The molecule has 1 aliphatic heterocycles. The largest absolute Gasteiger partial charge is 0.508 e. The minimum Gasteiger partial charge on any atom is -0.508 e. The van der Waals surface area contributed by atoms with Crippen molar-refractivity contribution < 1.29 is 5.11 Å². The van der Waals surface area contributed by atoms with Gasteiger partial charge in [-0.1, -0.05) is 18.2 Å². The monoisotopic (exact) mass is 199 g/mol. The second-order valence-corrected chi connectivity index (χ2v) is 3.36. The molecule has 0 aliphatic carbocycles. The number of hydrogen-bond acceptors (Lipinski definition) is 2. The summed E-state index contributed by atoms with van der Waals surface area (Å²) in [5, 5.41) is 12.7. The number of para-hydroxylation sites is 1. The summed E-state index contributed by atoms with van der Waals surface area (Å²) in [5.74, 6) is 1.16. The van der Waals surface area contributed by atoms with Crippen LogP contribution in [0.2, 0.25) is 0 Å². The first-order valence-electron chi connectivity index (χ1n) is 4.34. The second kappa shape index (κ2) is 4.49. The van der Waals surface area contributed by atoms with Crippen molar-refractivity contribution in [2.24, 2.45) is 5.92 Å². The molecule has 13 heavy (non-hydrogen) atoms. The molecular weight excluding hydrogens is 186 g/mol. The van der Waals surface area contributed by atoms with Gasteiger partial charge >= 0.3 is 0 Å². The van der Waals surface area contributed by atoms with Crippen LogP contribution in [0.15, 0.2) is 24.3 Å². The van der Waals surface area contributed by atoms with Gasteiger partial charge in [-0.25, -0.2) is 0 Å². The SMILES string of the molecule is Cl.Oc1ccccc1CC1CNC1. The number of phenolic OH excluding ortho intramolecular Hbond substituents is 1. The summed E-state index contributed by atoms with van der Waals surface area (Å²) in [4.78, 5) is 0. The fourth-order valence-electron chi connectivity index (χ4n) is 1.49. The van der Waals surface area contributed by atoms with Gasteiger partial charge in [-0.15, -0.1) is 12.4 Å². The highest BCUT2D eigenvalue weighted by Crippen LogP contribution is 2.20. The Kier molecular flexibility index (Phi) is 3.58. The molecule has 0 atom stereocenters. The molecule has 72 valence electrons.